The quantitative estimate of drug-likeness (QED) is 0.846. The fourth-order valence-corrected chi connectivity index (χ4v) is 4.82. The number of aromatic hydroxyl groups is 1. The molecule has 0 saturated heterocycles. The van der Waals surface area contributed by atoms with E-state index >= 15 is 0 Å². The predicted molar refractivity (Wildman–Crippen MR) is 92.4 cm³/mol. The lowest BCUT2D eigenvalue weighted by Gasteiger charge is -2.24. The summed E-state index contributed by atoms with van der Waals surface area (Å²) in [6, 6.07) is 9.33. The number of hydrogen-bond donors (Lipinski definition) is 2. The highest BCUT2D eigenvalue weighted by Crippen LogP contribution is 2.37. The second-order valence-corrected chi connectivity index (χ2v) is 8.07. The van der Waals surface area contributed by atoms with Crippen LogP contribution >= 0.6 is 11.6 Å². The molecule has 1 aromatic carbocycles. The minimum absolute atomic E-state index is 0.00753. The van der Waals surface area contributed by atoms with Crippen molar-refractivity contribution in [3.8, 4) is 5.75 Å². The van der Waals surface area contributed by atoms with Crippen LogP contribution in [0.5, 0.6) is 5.75 Å². The Bertz CT molecular complexity index is 806. The Hall–Kier alpha value is -1.63. The molecular weight excluding hydrogens is 348 g/mol. The number of rotatable bonds is 5. The number of hydrogen-bond acceptors (Lipinski definition) is 4. The van der Waals surface area contributed by atoms with Crippen molar-refractivity contribution in [2.75, 3.05) is 0 Å². The van der Waals surface area contributed by atoms with Crippen LogP contribution < -0.4 is 4.72 Å². The van der Waals surface area contributed by atoms with Crippen LogP contribution in [-0.2, 0) is 10.0 Å². The third kappa shape index (κ3) is 3.55. The summed E-state index contributed by atoms with van der Waals surface area (Å²) in [7, 11) is -3.92. The molecule has 1 fully saturated rings. The van der Waals surface area contributed by atoms with Crippen molar-refractivity contribution in [2.24, 2.45) is 5.92 Å². The number of nitrogens with zero attached hydrogens (tertiary/aromatic N) is 1. The molecule has 1 aromatic heterocycles. The standard InChI is InChI=1S/C17H19ClN2O3S/c18-13-8-5-10-15(17(13)21)24(22,23)20-16(12-6-1-2-7-12)14-9-3-4-11-19-14/h3-5,8-12,16,20-21H,1-2,6-7H2. The maximum Gasteiger partial charge on any atom is 0.244 e. The highest BCUT2D eigenvalue weighted by Gasteiger charge is 2.32. The zero-order valence-electron chi connectivity index (χ0n) is 13.0. The van der Waals surface area contributed by atoms with Gasteiger partial charge in [-0.05, 0) is 43.0 Å². The van der Waals surface area contributed by atoms with E-state index in [1.807, 2.05) is 12.1 Å². The molecular formula is C17H19ClN2O3S. The van der Waals surface area contributed by atoms with Gasteiger partial charge in [-0.3, -0.25) is 4.98 Å². The molecule has 0 amide bonds. The van der Waals surface area contributed by atoms with E-state index in [0.29, 0.717) is 5.69 Å². The number of nitrogens with one attached hydrogen (secondary N) is 1. The SMILES string of the molecule is O=S(=O)(NC(c1ccccn1)C1CCCC1)c1cccc(Cl)c1O. The molecule has 5 nitrogen and oxygen atoms in total. The van der Waals surface area contributed by atoms with Crippen LogP contribution in [-0.4, -0.2) is 18.5 Å². The third-order valence-corrected chi connectivity index (χ3v) is 6.18. The van der Waals surface area contributed by atoms with E-state index in [1.54, 1.807) is 12.3 Å². The average Bonchev–Trinajstić information content (AvgIpc) is 3.10. The molecule has 2 N–H and O–H groups in total. The molecule has 0 bridgehead atoms. The Kier molecular flexibility index (Phi) is 5.08. The molecule has 0 spiro atoms. The Morgan fingerprint density at radius 3 is 2.58 bits per heavy atom. The first-order valence-electron chi connectivity index (χ1n) is 7.90. The van der Waals surface area contributed by atoms with Crippen molar-refractivity contribution < 1.29 is 13.5 Å². The number of phenolic OH excluding ortho intramolecular Hbond substituents is 1. The van der Waals surface area contributed by atoms with E-state index in [9.17, 15) is 13.5 Å². The van der Waals surface area contributed by atoms with Gasteiger partial charge in [0.25, 0.3) is 0 Å². The lowest BCUT2D eigenvalue weighted by Crippen LogP contribution is -2.33. The molecule has 3 rings (SSSR count). The van der Waals surface area contributed by atoms with Crippen LogP contribution in [0.2, 0.25) is 5.02 Å². The van der Waals surface area contributed by atoms with Crippen molar-refractivity contribution in [3.63, 3.8) is 0 Å². The Morgan fingerprint density at radius 1 is 1.17 bits per heavy atom. The predicted octanol–water partition coefficient (Wildman–Crippen LogP) is 3.65. The average molecular weight is 367 g/mol. The molecule has 1 saturated carbocycles. The van der Waals surface area contributed by atoms with Gasteiger partial charge in [0.05, 0.1) is 16.8 Å². The second kappa shape index (κ2) is 7.09. The largest absolute Gasteiger partial charge is 0.505 e. The first-order valence-corrected chi connectivity index (χ1v) is 9.76. The van der Waals surface area contributed by atoms with Crippen LogP contribution in [0.25, 0.3) is 0 Å². The maximum absolute atomic E-state index is 12.8. The van der Waals surface area contributed by atoms with Gasteiger partial charge in [0.1, 0.15) is 4.90 Å². The monoisotopic (exact) mass is 366 g/mol. The van der Waals surface area contributed by atoms with Crippen molar-refractivity contribution in [2.45, 2.75) is 36.6 Å². The van der Waals surface area contributed by atoms with E-state index in [2.05, 4.69) is 9.71 Å². The van der Waals surface area contributed by atoms with Gasteiger partial charge in [0.2, 0.25) is 10.0 Å². The maximum atomic E-state index is 12.8. The molecule has 7 heteroatoms. The number of sulfonamides is 1. The molecule has 0 radical (unpaired) electrons. The fourth-order valence-electron chi connectivity index (χ4n) is 3.19. The van der Waals surface area contributed by atoms with E-state index in [4.69, 9.17) is 11.6 Å². The topological polar surface area (TPSA) is 79.3 Å². The van der Waals surface area contributed by atoms with Crippen LogP contribution in [0.4, 0.5) is 0 Å². The Labute approximate surface area is 146 Å². The summed E-state index contributed by atoms with van der Waals surface area (Å²) in [5, 5.41) is 10.0. The van der Waals surface area contributed by atoms with Gasteiger partial charge in [0.15, 0.2) is 5.75 Å². The Balaban J connectivity index is 1.96. The van der Waals surface area contributed by atoms with Gasteiger partial charge < -0.3 is 5.11 Å². The third-order valence-electron chi connectivity index (χ3n) is 4.40. The first kappa shape index (κ1) is 17.2. The van der Waals surface area contributed by atoms with Crippen molar-refractivity contribution in [3.05, 3.63) is 53.3 Å². The Morgan fingerprint density at radius 2 is 1.92 bits per heavy atom. The van der Waals surface area contributed by atoms with Gasteiger partial charge in [-0.2, -0.15) is 0 Å². The molecule has 1 heterocycles. The number of benzene rings is 1. The lowest BCUT2D eigenvalue weighted by molar-refractivity contribution is 0.401. The van der Waals surface area contributed by atoms with E-state index in [0.717, 1.165) is 25.7 Å². The van der Waals surface area contributed by atoms with Crippen LogP contribution in [0.1, 0.15) is 37.4 Å². The van der Waals surface area contributed by atoms with Crippen LogP contribution in [0.15, 0.2) is 47.5 Å². The molecule has 2 aromatic rings. The van der Waals surface area contributed by atoms with Gasteiger partial charge in [-0.25, -0.2) is 13.1 Å². The molecule has 1 atom stereocenters. The van der Waals surface area contributed by atoms with E-state index in [1.165, 1.54) is 18.2 Å². The van der Waals surface area contributed by atoms with E-state index < -0.39 is 21.8 Å². The molecule has 24 heavy (non-hydrogen) atoms. The number of halogens is 1. The van der Waals surface area contributed by atoms with Crippen molar-refractivity contribution in [1.82, 2.24) is 9.71 Å². The molecule has 1 aliphatic rings. The van der Waals surface area contributed by atoms with Crippen molar-refractivity contribution >= 4 is 21.6 Å². The van der Waals surface area contributed by atoms with Crippen LogP contribution in [0, 0.1) is 5.92 Å². The summed E-state index contributed by atoms with van der Waals surface area (Å²) >= 11 is 5.85. The zero-order chi connectivity index (χ0) is 17.2. The summed E-state index contributed by atoms with van der Waals surface area (Å²) in [5.41, 5.74) is 0.689. The zero-order valence-corrected chi connectivity index (χ0v) is 14.6. The fraction of sp³-hybridized carbons (Fsp3) is 0.353. The molecule has 1 aliphatic carbocycles. The number of pyridine rings is 1. The van der Waals surface area contributed by atoms with Gasteiger partial charge in [0, 0.05) is 6.20 Å². The van der Waals surface area contributed by atoms with Gasteiger partial charge in [-0.15, -0.1) is 0 Å². The second-order valence-electron chi connectivity index (χ2n) is 5.98. The van der Waals surface area contributed by atoms with Crippen LogP contribution in [0.3, 0.4) is 0 Å². The summed E-state index contributed by atoms with van der Waals surface area (Å²) in [5.74, 6) is -0.242. The summed E-state index contributed by atoms with van der Waals surface area (Å²) in [4.78, 5) is 4.11. The van der Waals surface area contributed by atoms with Crippen molar-refractivity contribution in [1.29, 1.82) is 0 Å². The molecule has 1 unspecified atom stereocenters. The smallest absolute Gasteiger partial charge is 0.244 e. The van der Waals surface area contributed by atoms with Gasteiger partial charge in [-0.1, -0.05) is 36.6 Å². The number of aromatic nitrogens is 1. The minimum atomic E-state index is -3.92. The lowest BCUT2D eigenvalue weighted by atomic mass is 9.96. The highest BCUT2D eigenvalue weighted by atomic mass is 35.5. The number of phenols is 1. The van der Waals surface area contributed by atoms with E-state index in [-0.39, 0.29) is 15.8 Å². The molecule has 0 aliphatic heterocycles. The normalized spacial score (nSPS) is 17.0. The summed E-state index contributed by atoms with van der Waals surface area (Å²) < 4.78 is 28.3. The highest BCUT2D eigenvalue weighted by molar-refractivity contribution is 7.89. The van der Waals surface area contributed by atoms with Gasteiger partial charge >= 0.3 is 0 Å². The first-order chi connectivity index (χ1) is 11.5. The number of para-hydroxylation sites is 1. The summed E-state index contributed by atoms with van der Waals surface area (Å²) in [6.45, 7) is 0. The minimum Gasteiger partial charge on any atom is -0.505 e. The molecule has 128 valence electrons. The summed E-state index contributed by atoms with van der Waals surface area (Å²) in [6.07, 6.45) is 5.72.